The lowest BCUT2D eigenvalue weighted by molar-refractivity contribution is 0.628. The maximum atomic E-state index is 13.5. The van der Waals surface area contributed by atoms with Gasteiger partial charge >= 0.3 is 0 Å². The summed E-state index contributed by atoms with van der Waals surface area (Å²) in [5.74, 6) is 1.09. The minimum Gasteiger partial charge on any atom is -0.393 e. The largest absolute Gasteiger partial charge is 0.393 e. The van der Waals surface area contributed by atoms with Gasteiger partial charge in [0.25, 0.3) is 0 Å². The molecule has 4 aromatic rings. The predicted molar refractivity (Wildman–Crippen MR) is 118 cm³/mol. The highest BCUT2D eigenvalue weighted by Gasteiger charge is 2.18. The van der Waals surface area contributed by atoms with Gasteiger partial charge in [-0.2, -0.15) is 0 Å². The van der Waals surface area contributed by atoms with Crippen molar-refractivity contribution in [3.8, 4) is 0 Å². The van der Waals surface area contributed by atoms with Crippen molar-refractivity contribution in [1.29, 1.82) is 0 Å². The van der Waals surface area contributed by atoms with Gasteiger partial charge in [-0.15, -0.1) is 0 Å². The molecule has 6 nitrogen and oxygen atoms in total. The van der Waals surface area contributed by atoms with Gasteiger partial charge in [0.15, 0.2) is 11.6 Å². The second-order valence-electron chi connectivity index (χ2n) is 6.47. The number of nitrogens with zero attached hydrogens (tertiary/aromatic N) is 4. The average molecular weight is 421 g/mol. The second kappa shape index (κ2) is 8.75. The van der Waals surface area contributed by atoms with E-state index in [9.17, 15) is 4.39 Å². The van der Waals surface area contributed by atoms with E-state index in [-0.39, 0.29) is 5.02 Å². The van der Waals surface area contributed by atoms with Crippen LogP contribution < -0.4 is 16.0 Å². The fourth-order valence-corrected chi connectivity index (χ4v) is 3.14. The lowest BCUT2D eigenvalue weighted by atomic mass is 10.2. The van der Waals surface area contributed by atoms with Gasteiger partial charge in [0, 0.05) is 11.9 Å². The first-order valence-electron chi connectivity index (χ1n) is 9.17. The number of anilines is 5. The highest BCUT2D eigenvalue weighted by Crippen LogP contribution is 2.34. The third-order valence-electron chi connectivity index (χ3n) is 4.41. The van der Waals surface area contributed by atoms with E-state index in [1.54, 1.807) is 12.3 Å². The van der Waals surface area contributed by atoms with Gasteiger partial charge in [0.2, 0.25) is 0 Å². The summed E-state index contributed by atoms with van der Waals surface area (Å²) < 4.78 is 13.5. The minimum atomic E-state index is -0.497. The number of nitrogen functional groups attached to an aromatic ring is 1. The number of aromatic nitrogens is 3. The number of rotatable bonds is 6. The van der Waals surface area contributed by atoms with Crippen LogP contribution in [0.1, 0.15) is 5.56 Å². The van der Waals surface area contributed by atoms with Crippen LogP contribution in [0.5, 0.6) is 0 Å². The first-order valence-corrected chi connectivity index (χ1v) is 9.54. The molecule has 150 valence electrons. The second-order valence-corrected chi connectivity index (χ2v) is 6.88. The minimum absolute atomic E-state index is 0.00652. The number of hydrogen-bond acceptors (Lipinski definition) is 6. The highest BCUT2D eigenvalue weighted by atomic mass is 35.5. The molecule has 0 unspecified atom stereocenters. The SMILES string of the molecule is Nc1c(Nc2ccc(F)c(Cl)c2)ncnc1N(Cc1ccccc1)c1ccccn1. The lowest BCUT2D eigenvalue weighted by Gasteiger charge is -2.25. The molecule has 2 aromatic carbocycles. The Morgan fingerprint density at radius 2 is 1.77 bits per heavy atom. The first-order chi connectivity index (χ1) is 14.6. The molecule has 3 N–H and O–H groups in total. The quantitative estimate of drug-likeness (QED) is 0.439. The summed E-state index contributed by atoms with van der Waals surface area (Å²) in [6, 6.07) is 19.9. The molecule has 4 rings (SSSR count). The molecule has 0 saturated carbocycles. The van der Waals surface area contributed by atoms with Crippen molar-refractivity contribution in [3.05, 3.63) is 95.7 Å². The van der Waals surface area contributed by atoms with E-state index in [2.05, 4.69) is 20.3 Å². The fourth-order valence-electron chi connectivity index (χ4n) is 2.96. The van der Waals surface area contributed by atoms with Gasteiger partial charge in [-0.1, -0.05) is 48.0 Å². The van der Waals surface area contributed by atoms with Gasteiger partial charge in [-0.05, 0) is 35.9 Å². The van der Waals surface area contributed by atoms with Crippen LogP contribution in [0.3, 0.4) is 0 Å². The van der Waals surface area contributed by atoms with E-state index in [4.69, 9.17) is 17.3 Å². The van der Waals surface area contributed by atoms with E-state index in [0.29, 0.717) is 35.4 Å². The molecule has 8 heteroatoms. The number of benzene rings is 2. The van der Waals surface area contributed by atoms with Crippen LogP contribution in [0.2, 0.25) is 5.02 Å². The summed E-state index contributed by atoms with van der Waals surface area (Å²) in [5.41, 5.74) is 8.39. The molecule has 0 atom stereocenters. The van der Waals surface area contributed by atoms with E-state index in [1.807, 2.05) is 53.4 Å². The van der Waals surface area contributed by atoms with Crippen molar-refractivity contribution in [2.45, 2.75) is 6.54 Å². The third kappa shape index (κ3) is 4.31. The molecule has 0 aliphatic heterocycles. The van der Waals surface area contributed by atoms with Crippen molar-refractivity contribution in [1.82, 2.24) is 15.0 Å². The molecule has 2 heterocycles. The maximum absolute atomic E-state index is 13.5. The van der Waals surface area contributed by atoms with Crippen molar-refractivity contribution < 1.29 is 4.39 Å². The molecule has 0 amide bonds. The zero-order chi connectivity index (χ0) is 20.9. The van der Waals surface area contributed by atoms with Crippen molar-refractivity contribution in [2.75, 3.05) is 16.0 Å². The number of hydrogen-bond donors (Lipinski definition) is 2. The van der Waals surface area contributed by atoms with Crippen LogP contribution in [0.4, 0.5) is 33.2 Å². The highest BCUT2D eigenvalue weighted by molar-refractivity contribution is 6.31. The van der Waals surface area contributed by atoms with E-state index in [1.165, 1.54) is 18.5 Å². The monoisotopic (exact) mass is 420 g/mol. The van der Waals surface area contributed by atoms with Gasteiger partial charge < -0.3 is 16.0 Å². The topological polar surface area (TPSA) is 80.0 Å². The van der Waals surface area contributed by atoms with Crippen LogP contribution in [-0.2, 0) is 6.54 Å². The first kappa shape index (κ1) is 19.6. The molecule has 2 aromatic heterocycles. The Hall–Kier alpha value is -3.71. The molecule has 0 saturated heterocycles. The molecule has 30 heavy (non-hydrogen) atoms. The molecule has 0 spiro atoms. The summed E-state index contributed by atoms with van der Waals surface area (Å²) >= 11 is 5.88. The summed E-state index contributed by atoms with van der Waals surface area (Å²) in [6.07, 6.45) is 3.13. The van der Waals surface area contributed by atoms with Crippen molar-refractivity contribution >= 4 is 40.4 Å². The predicted octanol–water partition coefficient (Wildman–Crippen LogP) is 5.33. The van der Waals surface area contributed by atoms with Crippen molar-refractivity contribution in [3.63, 3.8) is 0 Å². The number of nitrogens with two attached hydrogens (primary N) is 1. The number of pyridine rings is 1. The van der Waals surface area contributed by atoms with E-state index < -0.39 is 5.82 Å². The van der Waals surface area contributed by atoms with Crippen LogP contribution >= 0.6 is 11.6 Å². The Bertz CT molecular complexity index is 1140. The zero-order valence-corrected chi connectivity index (χ0v) is 16.6. The Morgan fingerprint density at radius 3 is 2.50 bits per heavy atom. The van der Waals surface area contributed by atoms with Gasteiger partial charge in [0.05, 0.1) is 11.6 Å². The van der Waals surface area contributed by atoms with Gasteiger partial charge in [0.1, 0.15) is 23.6 Å². The summed E-state index contributed by atoms with van der Waals surface area (Å²) in [7, 11) is 0. The van der Waals surface area contributed by atoms with E-state index >= 15 is 0 Å². The Labute approximate surface area is 178 Å². The third-order valence-corrected chi connectivity index (χ3v) is 4.70. The lowest BCUT2D eigenvalue weighted by Crippen LogP contribution is -2.21. The number of nitrogens with one attached hydrogen (secondary N) is 1. The molecular weight excluding hydrogens is 403 g/mol. The molecule has 0 bridgehead atoms. The molecule has 0 fully saturated rings. The normalized spacial score (nSPS) is 10.6. The molecule has 0 radical (unpaired) electrons. The van der Waals surface area contributed by atoms with Crippen LogP contribution in [0.25, 0.3) is 0 Å². The molecular formula is C22H18ClFN6. The standard InChI is InChI=1S/C22H18ClFN6/c23-17-12-16(9-10-18(17)24)29-21-20(25)22(28-14-27-21)30(19-8-4-5-11-26-19)13-15-6-2-1-3-7-15/h1-12,14H,13,25H2,(H,27,28,29). The van der Waals surface area contributed by atoms with Crippen LogP contribution in [-0.4, -0.2) is 15.0 Å². The maximum Gasteiger partial charge on any atom is 0.163 e. The number of halogens is 2. The zero-order valence-electron chi connectivity index (χ0n) is 15.8. The summed E-state index contributed by atoms with van der Waals surface area (Å²) in [6.45, 7) is 0.515. The Kier molecular flexibility index (Phi) is 5.72. The smallest absolute Gasteiger partial charge is 0.163 e. The van der Waals surface area contributed by atoms with Gasteiger partial charge in [-0.25, -0.2) is 19.3 Å². The Morgan fingerprint density at radius 1 is 0.967 bits per heavy atom. The Balaban J connectivity index is 1.72. The molecule has 0 aliphatic rings. The van der Waals surface area contributed by atoms with E-state index in [0.717, 1.165) is 5.56 Å². The van der Waals surface area contributed by atoms with Crippen LogP contribution in [0.15, 0.2) is 79.3 Å². The average Bonchev–Trinajstić information content (AvgIpc) is 2.78. The summed E-state index contributed by atoms with van der Waals surface area (Å²) in [5, 5.41) is 3.08. The fraction of sp³-hybridized carbons (Fsp3) is 0.0455. The summed E-state index contributed by atoms with van der Waals surface area (Å²) in [4.78, 5) is 15.0. The van der Waals surface area contributed by atoms with Crippen LogP contribution in [0, 0.1) is 5.82 Å². The molecule has 0 aliphatic carbocycles. The van der Waals surface area contributed by atoms with Crippen molar-refractivity contribution in [2.24, 2.45) is 0 Å². The van der Waals surface area contributed by atoms with Gasteiger partial charge in [-0.3, -0.25) is 0 Å².